The molecule has 6 heteroatoms. The quantitative estimate of drug-likeness (QED) is 0.667. The van der Waals surface area contributed by atoms with E-state index in [0.717, 1.165) is 11.3 Å². The Hall–Kier alpha value is -3.41. The van der Waals surface area contributed by atoms with Gasteiger partial charge in [0.15, 0.2) is 0 Å². The molecule has 0 saturated carbocycles. The van der Waals surface area contributed by atoms with E-state index < -0.39 is 5.91 Å². The number of benzene rings is 2. The lowest BCUT2D eigenvalue weighted by Gasteiger charge is -2.19. The molecule has 0 aliphatic carbocycles. The summed E-state index contributed by atoms with van der Waals surface area (Å²) in [4.78, 5) is 25.1. The highest BCUT2D eigenvalue weighted by Crippen LogP contribution is 2.22. The van der Waals surface area contributed by atoms with Gasteiger partial charge in [-0.05, 0) is 49.1 Å². The van der Waals surface area contributed by atoms with Crippen LogP contribution in [0.4, 0.5) is 0 Å². The van der Waals surface area contributed by atoms with Crippen molar-refractivity contribution in [3.8, 4) is 5.69 Å². The Morgan fingerprint density at radius 2 is 1.45 bits per heavy atom. The zero-order valence-corrected chi connectivity index (χ0v) is 17.4. The van der Waals surface area contributed by atoms with Crippen LogP contribution in [0, 0.1) is 13.8 Å². The van der Waals surface area contributed by atoms with Crippen molar-refractivity contribution in [2.75, 3.05) is 0 Å². The van der Waals surface area contributed by atoms with Crippen LogP contribution in [-0.4, -0.2) is 21.6 Å². The average molecular weight is 390 g/mol. The predicted molar refractivity (Wildman–Crippen MR) is 113 cm³/mol. The minimum Gasteiger partial charge on any atom is -0.267 e. The Balaban J connectivity index is 1.71. The summed E-state index contributed by atoms with van der Waals surface area (Å²) in [5.41, 5.74) is 9.21. The second kappa shape index (κ2) is 7.91. The number of nitrogens with zero attached hydrogens (tertiary/aromatic N) is 2. The highest BCUT2D eigenvalue weighted by Gasteiger charge is 2.20. The van der Waals surface area contributed by atoms with Gasteiger partial charge in [0.2, 0.25) is 0 Å². The lowest BCUT2D eigenvalue weighted by molar-refractivity contribution is 0.0846. The Morgan fingerprint density at radius 1 is 0.862 bits per heavy atom. The van der Waals surface area contributed by atoms with Crippen molar-refractivity contribution < 1.29 is 9.59 Å². The van der Waals surface area contributed by atoms with E-state index in [2.05, 4.69) is 36.7 Å². The Kier molecular flexibility index (Phi) is 5.55. The van der Waals surface area contributed by atoms with Gasteiger partial charge < -0.3 is 0 Å². The van der Waals surface area contributed by atoms with Crippen LogP contribution in [-0.2, 0) is 5.41 Å². The maximum absolute atomic E-state index is 12.7. The van der Waals surface area contributed by atoms with Crippen LogP contribution in [0.3, 0.4) is 0 Å². The van der Waals surface area contributed by atoms with E-state index in [1.807, 2.05) is 49.4 Å². The van der Waals surface area contributed by atoms with Crippen LogP contribution >= 0.6 is 0 Å². The molecule has 0 radical (unpaired) electrons. The van der Waals surface area contributed by atoms with Crippen molar-refractivity contribution in [1.82, 2.24) is 20.6 Å². The van der Waals surface area contributed by atoms with Crippen LogP contribution in [0.2, 0.25) is 0 Å². The van der Waals surface area contributed by atoms with Crippen molar-refractivity contribution in [1.29, 1.82) is 0 Å². The zero-order chi connectivity index (χ0) is 21.2. The summed E-state index contributed by atoms with van der Waals surface area (Å²) in [5, 5.41) is 4.46. The highest BCUT2D eigenvalue weighted by atomic mass is 16.2. The van der Waals surface area contributed by atoms with Crippen molar-refractivity contribution in [2.45, 2.75) is 40.0 Å². The van der Waals surface area contributed by atoms with Crippen molar-refractivity contribution in [2.24, 2.45) is 0 Å². The molecular formula is C23H26N4O2. The molecule has 0 unspecified atom stereocenters. The van der Waals surface area contributed by atoms with Gasteiger partial charge in [0.1, 0.15) is 0 Å². The van der Waals surface area contributed by atoms with Crippen LogP contribution in [0.5, 0.6) is 0 Å². The van der Waals surface area contributed by atoms with Crippen LogP contribution in [0.1, 0.15) is 58.4 Å². The fourth-order valence-electron chi connectivity index (χ4n) is 3.16. The predicted octanol–water partition coefficient (Wildman–Crippen LogP) is 3.86. The molecule has 150 valence electrons. The number of aryl methyl sites for hydroxylation is 1. The standard InChI is InChI=1S/C23H26N4O2/c1-15-20(16(2)27(26-15)19-9-7-6-8-10-19)22(29)25-24-21(28)17-11-13-18(14-12-17)23(3,4)5/h6-14H,1-5H3,(H,24,28)(H,25,29). The molecule has 2 N–H and O–H groups in total. The van der Waals surface area contributed by atoms with Gasteiger partial charge in [0, 0.05) is 5.56 Å². The van der Waals surface area contributed by atoms with E-state index in [1.54, 1.807) is 23.7 Å². The van der Waals surface area contributed by atoms with Gasteiger partial charge >= 0.3 is 0 Å². The molecule has 0 atom stereocenters. The van der Waals surface area contributed by atoms with E-state index in [-0.39, 0.29) is 11.3 Å². The van der Waals surface area contributed by atoms with E-state index in [9.17, 15) is 9.59 Å². The van der Waals surface area contributed by atoms with Crippen LogP contribution in [0.15, 0.2) is 54.6 Å². The second-order valence-corrected chi connectivity index (χ2v) is 8.03. The first-order valence-corrected chi connectivity index (χ1v) is 9.51. The summed E-state index contributed by atoms with van der Waals surface area (Å²) >= 11 is 0. The maximum atomic E-state index is 12.7. The molecule has 29 heavy (non-hydrogen) atoms. The zero-order valence-electron chi connectivity index (χ0n) is 17.4. The molecule has 2 aromatic carbocycles. The van der Waals surface area contributed by atoms with Crippen molar-refractivity contribution in [3.05, 3.63) is 82.7 Å². The molecule has 1 aromatic heterocycles. The summed E-state index contributed by atoms with van der Waals surface area (Å²) in [5.74, 6) is -0.772. The van der Waals surface area contributed by atoms with Crippen LogP contribution in [0.25, 0.3) is 5.69 Å². The first kappa shape index (κ1) is 20.3. The molecule has 0 fully saturated rings. The van der Waals surface area contributed by atoms with Gasteiger partial charge in [-0.3, -0.25) is 20.4 Å². The minimum absolute atomic E-state index is 0.0111. The smallest absolute Gasteiger partial charge is 0.267 e. The molecule has 6 nitrogen and oxygen atoms in total. The summed E-state index contributed by atoms with van der Waals surface area (Å²) in [7, 11) is 0. The first-order valence-electron chi connectivity index (χ1n) is 9.51. The van der Waals surface area contributed by atoms with Gasteiger partial charge in [-0.15, -0.1) is 0 Å². The molecule has 2 amide bonds. The Labute approximate surface area is 170 Å². The maximum Gasteiger partial charge on any atom is 0.273 e. The number of hydrogen-bond donors (Lipinski definition) is 2. The van der Waals surface area contributed by atoms with Crippen LogP contribution < -0.4 is 10.9 Å². The third kappa shape index (κ3) is 4.37. The molecule has 3 rings (SSSR count). The molecule has 0 saturated heterocycles. The number of aromatic nitrogens is 2. The number of carbonyl (C=O) groups is 2. The number of rotatable bonds is 3. The van der Waals surface area contributed by atoms with Gasteiger partial charge in [0.05, 0.1) is 22.6 Å². The highest BCUT2D eigenvalue weighted by molar-refractivity contribution is 6.00. The lowest BCUT2D eigenvalue weighted by Crippen LogP contribution is -2.42. The van der Waals surface area contributed by atoms with E-state index in [0.29, 0.717) is 22.5 Å². The van der Waals surface area contributed by atoms with Gasteiger partial charge in [0.25, 0.3) is 11.8 Å². The van der Waals surface area contributed by atoms with Crippen molar-refractivity contribution >= 4 is 11.8 Å². The molecule has 0 aliphatic rings. The minimum atomic E-state index is -0.401. The number of nitrogens with one attached hydrogen (secondary N) is 2. The summed E-state index contributed by atoms with van der Waals surface area (Å²) in [6, 6.07) is 17.0. The molecular weight excluding hydrogens is 364 g/mol. The third-order valence-corrected chi connectivity index (χ3v) is 4.82. The number of carbonyl (C=O) groups excluding carboxylic acids is 2. The topological polar surface area (TPSA) is 76.0 Å². The molecule has 0 aliphatic heterocycles. The SMILES string of the molecule is Cc1nn(-c2ccccc2)c(C)c1C(=O)NNC(=O)c1ccc(C(C)(C)C)cc1. The van der Waals surface area contributed by atoms with E-state index >= 15 is 0 Å². The van der Waals surface area contributed by atoms with Gasteiger partial charge in [-0.2, -0.15) is 5.10 Å². The summed E-state index contributed by atoms with van der Waals surface area (Å²) in [6.45, 7) is 9.94. The molecule has 0 bridgehead atoms. The number of para-hydroxylation sites is 1. The molecule has 1 heterocycles. The van der Waals surface area contributed by atoms with Gasteiger partial charge in [-0.25, -0.2) is 4.68 Å². The summed E-state index contributed by atoms with van der Waals surface area (Å²) in [6.07, 6.45) is 0. The number of amides is 2. The second-order valence-electron chi connectivity index (χ2n) is 8.03. The summed E-state index contributed by atoms with van der Waals surface area (Å²) < 4.78 is 1.72. The normalized spacial score (nSPS) is 11.2. The van der Waals surface area contributed by atoms with E-state index in [4.69, 9.17) is 0 Å². The molecule has 3 aromatic rings. The number of hydrazine groups is 1. The fraction of sp³-hybridized carbons (Fsp3) is 0.261. The Morgan fingerprint density at radius 3 is 2.03 bits per heavy atom. The average Bonchev–Trinajstić information content (AvgIpc) is 3.00. The lowest BCUT2D eigenvalue weighted by atomic mass is 9.87. The third-order valence-electron chi connectivity index (χ3n) is 4.82. The first-order chi connectivity index (χ1) is 13.7. The van der Waals surface area contributed by atoms with E-state index in [1.165, 1.54) is 0 Å². The monoisotopic (exact) mass is 390 g/mol. The van der Waals surface area contributed by atoms with Crippen molar-refractivity contribution in [3.63, 3.8) is 0 Å². The Bertz CT molecular complexity index is 1030. The fourth-order valence-corrected chi connectivity index (χ4v) is 3.16. The molecule has 0 spiro atoms. The largest absolute Gasteiger partial charge is 0.273 e. The number of hydrogen-bond acceptors (Lipinski definition) is 3. The van der Waals surface area contributed by atoms with Gasteiger partial charge in [-0.1, -0.05) is 51.1 Å².